The zero-order valence-corrected chi connectivity index (χ0v) is 13.0. The first kappa shape index (κ1) is 15.3. The topological polar surface area (TPSA) is 12.5 Å². The quantitative estimate of drug-likeness (QED) is 0.754. The third-order valence-electron chi connectivity index (χ3n) is 3.88. The number of nitrogens with zero attached hydrogens (tertiary/aromatic N) is 1. The summed E-state index contributed by atoms with van der Waals surface area (Å²) >= 11 is 0. The van der Waals surface area contributed by atoms with Gasteiger partial charge in [0.25, 0.3) is 0 Å². The van der Waals surface area contributed by atoms with Crippen molar-refractivity contribution in [2.75, 3.05) is 13.2 Å². The van der Waals surface area contributed by atoms with Gasteiger partial charge in [-0.05, 0) is 50.5 Å². The summed E-state index contributed by atoms with van der Waals surface area (Å²) in [6.45, 7) is 13.8. The fraction of sp³-hybridized carbons (Fsp3) is 0.368. The van der Waals surface area contributed by atoms with E-state index in [0.717, 1.165) is 41.1 Å². The lowest BCUT2D eigenvalue weighted by atomic mass is 10.1. The van der Waals surface area contributed by atoms with Gasteiger partial charge in [-0.15, -0.1) is 6.42 Å². The van der Waals surface area contributed by atoms with Crippen molar-refractivity contribution in [1.29, 1.82) is 0 Å². The zero-order valence-electron chi connectivity index (χ0n) is 13.0. The second kappa shape index (κ2) is 6.54. The summed E-state index contributed by atoms with van der Waals surface area (Å²) in [4.78, 5) is 2.32. The minimum absolute atomic E-state index is 0.408. The number of allylic oxidation sites excluding steroid dienone is 2. The normalized spacial score (nSPS) is 17.4. The lowest BCUT2D eigenvalue weighted by Crippen LogP contribution is -2.32. The number of terminal acetylenes is 1. The monoisotopic (exact) mass is 281 g/mol. The van der Waals surface area contributed by atoms with E-state index in [1.54, 1.807) is 0 Å². The van der Waals surface area contributed by atoms with Crippen LogP contribution in [0, 0.1) is 12.3 Å². The van der Waals surface area contributed by atoms with Gasteiger partial charge >= 0.3 is 0 Å². The Morgan fingerprint density at radius 2 is 2.14 bits per heavy atom. The third-order valence-corrected chi connectivity index (χ3v) is 3.88. The lowest BCUT2D eigenvalue weighted by Gasteiger charge is -2.26. The van der Waals surface area contributed by atoms with Crippen molar-refractivity contribution in [3.05, 3.63) is 48.2 Å². The van der Waals surface area contributed by atoms with Gasteiger partial charge in [0.2, 0.25) is 0 Å². The van der Waals surface area contributed by atoms with Crippen LogP contribution in [0.5, 0.6) is 5.75 Å². The molecule has 0 radical (unpaired) electrons. The maximum Gasteiger partial charge on any atom is 0.121 e. The van der Waals surface area contributed by atoms with E-state index in [1.165, 1.54) is 6.42 Å². The maximum atomic E-state index is 5.98. The first-order valence-electron chi connectivity index (χ1n) is 7.34. The maximum absolute atomic E-state index is 5.98. The number of benzene rings is 1. The van der Waals surface area contributed by atoms with Crippen molar-refractivity contribution in [2.24, 2.45) is 0 Å². The molecule has 0 spiro atoms. The van der Waals surface area contributed by atoms with Gasteiger partial charge in [0, 0.05) is 17.8 Å². The fourth-order valence-corrected chi connectivity index (χ4v) is 2.72. The highest BCUT2D eigenvalue weighted by Crippen LogP contribution is 2.25. The first-order valence-corrected chi connectivity index (χ1v) is 7.34. The Kier molecular flexibility index (Phi) is 4.75. The summed E-state index contributed by atoms with van der Waals surface area (Å²) < 4.78 is 5.98. The van der Waals surface area contributed by atoms with Crippen LogP contribution in [-0.4, -0.2) is 24.1 Å². The average molecular weight is 281 g/mol. The largest absolute Gasteiger partial charge is 0.491 e. The van der Waals surface area contributed by atoms with Gasteiger partial charge in [-0.25, -0.2) is 0 Å². The SMILES string of the molecule is C#Cc1cc(OCC2CCCN2C(=C)C)cc(C(=C)C)c1. The highest BCUT2D eigenvalue weighted by molar-refractivity contribution is 5.64. The second-order valence-corrected chi connectivity index (χ2v) is 5.71. The minimum atomic E-state index is 0.408. The molecule has 110 valence electrons. The van der Waals surface area contributed by atoms with E-state index in [9.17, 15) is 0 Å². The van der Waals surface area contributed by atoms with Crippen molar-refractivity contribution in [1.82, 2.24) is 4.90 Å². The Morgan fingerprint density at radius 3 is 2.76 bits per heavy atom. The van der Waals surface area contributed by atoms with Crippen molar-refractivity contribution in [3.63, 3.8) is 0 Å². The minimum Gasteiger partial charge on any atom is -0.491 e. The molecule has 1 unspecified atom stereocenters. The Morgan fingerprint density at radius 1 is 1.38 bits per heavy atom. The van der Waals surface area contributed by atoms with Crippen LogP contribution in [-0.2, 0) is 0 Å². The average Bonchev–Trinajstić information content (AvgIpc) is 2.93. The molecule has 2 nitrogen and oxygen atoms in total. The molecule has 0 saturated carbocycles. The second-order valence-electron chi connectivity index (χ2n) is 5.71. The summed E-state index contributed by atoms with van der Waals surface area (Å²) in [6.07, 6.45) is 7.86. The molecule has 21 heavy (non-hydrogen) atoms. The van der Waals surface area contributed by atoms with Crippen molar-refractivity contribution < 1.29 is 4.74 Å². The summed E-state index contributed by atoms with van der Waals surface area (Å²) in [5.74, 6) is 3.49. The van der Waals surface area contributed by atoms with Crippen LogP contribution in [0.4, 0.5) is 0 Å². The molecule has 1 heterocycles. The van der Waals surface area contributed by atoms with Crippen molar-refractivity contribution in [2.45, 2.75) is 32.7 Å². The van der Waals surface area contributed by atoms with E-state index in [1.807, 2.05) is 25.1 Å². The molecule has 0 N–H and O–H groups in total. The lowest BCUT2D eigenvalue weighted by molar-refractivity contribution is 0.203. The molecule has 1 aromatic carbocycles. The van der Waals surface area contributed by atoms with Crippen LogP contribution in [0.1, 0.15) is 37.8 Å². The van der Waals surface area contributed by atoms with Crippen LogP contribution in [0.3, 0.4) is 0 Å². The van der Waals surface area contributed by atoms with Gasteiger partial charge in [0.15, 0.2) is 0 Å². The molecule has 0 bridgehead atoms. The molecule has 1 aliphatic rings. The van der Waals surface area contributed by atoms with E-state index in [-0.39, 0.29) is 0 Å². The van der Waals surface area contributed by atoms with Crippen molar-refractivity contribution >= 4 is 5.57 Å². The standard InChI is InChI=1S/C19H23NO/c1-6-16-10-17(14(2)3)12-19(11-16)21-13-18-8-7-9-20(18)15(4)5/h1,10-12,18H,2,4,7-9,13H2,3,5H3. The van der Waals surface area contributed by atoms with Gasteiger partial charge in [0.05, 0.1) is 6.04 Å². The summed E-state index contributed by atoms with van der Waals surface area (Å²) in [5.41, 5.74) is 3.96. The van der Waals surface area contributed by atoms with Crippen LogP contribution in [0.25, 0.3) is 5.57 Å². The highest BCUT2D eigenvalue weighted by atomic mass is 16.5. The molecule has 0 aliphatic carbocycles. The highest BCUT2D eigenvalue weighted by Gasteiger charge is 2.24. The number of hydrogen-bond acceptors (Lipinski definition) is 2. The molecule has 1 aromatic rings. The van der Waals surface area contributed by atoms with Gasteiger partial charge in [-0.1, -0.05) is 24.7 Å². The molecule has 2 heteroatoms. The Bertz CT molecular complexity index is 594. The zero-order chi connectivity index (χ0) is 15.4. The molecule has 1 aliphatic heterocycles. The van der Waals surface area contributed by atoms with Crippen molar-refractivity contribution in [3.8, 4) is 18.1 Å². The van der Waals surface area contributed by atoms with E-state index in [4.69, 9.17) is 11.2 Å². The first-order chi connectivity index (χ1) is 10.0. The smallest absolute Gasteiger partial charge is 0.121 e. The fourth-order valence-electron chi connectivity index (χ4n) is 2.72. The molecular weight excluding hydrogens is 258 g/mol. The predicted octanol–water partition coefficient (Wildman–Crippen LogP) is 4.08. The van der Waals surface area contributed by atoms with Gasteiger partial charge < -0.3 is 9.64 Å². The van der Waals surface area contributed by atoms with Crippen LogP contribution in [0.15, 0.2) is 37.1 Å². The van der Waals surface area contributed by atoms with E-state index in [2.05, 4.69) is 30.9 Å². The number of likely N-dealkylation sites (tertiary alicyclic amines) is 1. The van der Waals surface area contributed by atoms with Crippen LogP contribution in [0.2, 0.25) is 0 Å². The van der Waals surface area contributed by atoms with Gasteiger partial charge in [0.1, 0.15) is 12.4 Å². The molecule has 0 aromatic heterocycles. The number of ether oxygens (including phenoxy) is 1. The Hall–Kier alpha value is -2.14. The number of hydrogen-bond donors (Lipinski definition) is 0. The molecule has 2 rings (SSSR count). The van der Waals surface area contributed by atoms with E-state index >= 15 is 0 Å². The Balaban J connectivity index is 2.09. The summed E-state index contributed by atoms with van der Waals surface area (Å²) in [6, 6.07) is 6.28. The van der Waals surface area contributed by atoms with E-state index in [0.29, 0.717) is 12.6 Å². The summed E-state index contributed by atoms with van der Waals surface area (Å²) in [5, 5.41) is 0. The third kappa shape index (κ3) is 3.70. The molecule has 0 amide bonds. The molecule has 1 atom stereocenters. The molecule has 1 saturated heterocycles. The Labute approximate surface area is 128 Å². The van der Waals surface area contributed by atoms with Crippen LogP contribution < -0.4 is 4.74 Å². The number of rotatable bonds is 5. The van der Waals surface area contributed by atoms with Gasteiger partial charge in [-0.2, -0.15) is 0 Å². The van der Waals surface area contributed by atoms with Crippen LogP contribution >= 0.6 is 0 Å². The summed E-state index contributed by atoms with van der Waals surface area (Å²) in [7, 11) is 0. The van der Waals surface area contributed by atoms with Gasteiger partial charge in [-0.3, -0.25) is 0 Å². The molecular formula is C19H23NO. The predicted molar refractivity (Wildman–Crippen MR) is 89.1 cm³/mol. The molecule has 1 fully saturated rings. The van der Waals surface area contributed by atoms with E-state index < -0.39 is 0 Å².